The third-order valence-corrected chi connectivity index (χ3v) is 2.73. The van der Waals surface area contributed by atoms with E-state index >= 15 is 0 Å². The molecule has 2 rings (SSSR count). The number of halogens is 6. The van der Waals surface area contributed by atoms with Gasteiger partial charge in [0.15, 0.2) is 0 Å². The molecule has 0 aliphatic rings. The average molecular weight is 304 g/mol. The number of benzene rings is 2. The summed E-state index contributed by atoms with van der Waals surface area (Å²) < 4.78 is 78.0. The number of hydrogen-bond acceptors (Lipinski definition) is 1. The largest absolute Gasteiger partial charge is 0.416 e. The monoisotopic (exact) mass is 304 g/mol. The summed E-state index contributed by atoms with van der Waals surface area (Å²) in [5, 5.41) is 0. The molecule has 0 bridgehead atoms. The van der Waals surface area contributed by atoms with Gasteiger partial charge in [-0.2, -0.15) is 13.2 Å². The van der Waals surface area contributed by atoms with E-state index < -0.39 is 46.1 Å². The zero-order valence-electron chi connectivity index (χ0n) is 10.1. The number of ketones is 1. The number of carbonyl (C=O) groups excluding carboxylic acids is 1. The Balaban J connectivity index is 2.59. The van der Waals surface area contributed by atoms with Crippen LogP contribution in [0.3, 0.4) is 0 Å². The molecule has 7 heteroatoms. The van der Waals surface area contributed by atoms with Crippen molar-refractivity contribution in [2.45, 2.75) is 6.18 Å². The maximum absolute atomic E-state index is 13.5. The van der Waals surface area contributed by atoms with Crippen molar-refractivity contribution in [1.29, 1.82) is 0 Å². The summed E-state index contributed by atoms with van der Waals surface area (Å²) in [6.07, 6.45) is -4.81. The van der Waals surface area contributed by atoms with Crippen LogP contribution in [0.4, 0.5) is 26.3 Å². The fourth-order valence-electron chi connectivity index (χ4n) is 1.73. The minimum absolute atomic E-state index is 0.226. The highest BCUT2D eigenvalue weighted by Gasteiger charge is 2.32. The van der Waals surface area contributed by atoms with Crippen LogP contribution in [-0.2, 0) is 6.18 Å². The quantitative estimate of drug-likeness (QED) is 0.595. The van der Waals surface area contributed by atoms with Gasteiger partial charge >= 0.3 is 6.18 Å². The molecule has 110 valence electrons. The maximum Gasteiger partial charge on any atom is 0.416 e. The van der Waals surface area contributed by atoms with Crippen LogP contribution in [0.25, 0.3) is 0 Å². The number of hydrogen-bond donors (Lipinski definition) is 0. The summed E-state index contributed by atoms with van der Waals surface area (Å²) >= 11 is 0. The highest BCUT2D eigenvalue weighted by molar-refractivity contribution is 6.09. The molecule has 0 spiro atoms. The van der Waals surface area contributed by atoms with Crippen molar-refractivity contribution in [2.75, 3.05) is 0 Å². The zero-order valence-corrected chi connectivity index (χ0v) is 10.1. The normalized spacial score (nSPS) is 11.5. The minimum Gasteiger partial charge on any atom is -0.288 e. The second-order valence-electron chi connectivity index (χ2n) is 4.12. The lowest BCUT2D eigenvalue weighted by Gasteiger charge is -2.10. The molecule has 0 atom stereocenters. The molecule has 0 saturated carbocycles. The maximum atomic E-state index is 13.5. The van der Waals surface area contributed by atoms with Gasteiger partial charge in [0.2, 0.25) is 5.78 Å². The molecule has 0 radical (unpaired) electrons. The van der Waals surface area contributed by atoms with E-state index in [2.05, 4.69) is 0 Å². The number of carbonyl (C=O) groups is 1. The Morgan fingerprint density at radius 1 is 0.857 bits per heavy atom. The summed E-state index contributed by atoms with van der Waals surface area (Å²) in [7, 11) is 0. The van der Waals surface area contributed by atoms with E-state index in [0.717, 1.165) is 18.2 Å². The first-order chi connectivity index (χ1) is 9.71. The molecule has 1 nitrogen and oxygen atoms in total. The number of alkyl halides is 3. The fourth-order valence-corrected chi connectivity index (χ4v) is 1.73. The number of rotatable bonds is 2. The van der Waals surface area contributed by atoms with Crippen molar-refractivity contribution < 1.29 is 31.1 Å². The molecule has 0 saturated heterocycles. The summed E-state index contributed by atoms with van der Waals surface area (Å²) in [4.78, 5) is 11.9. The highest BCUT2D eigenvalue weighted by Crippen LogP contribution is 2.31. The first-order valence-electron chi connectivity index (χ1n) is 5.57. The summed E-state index contributed by atoms with van der Waals surface area (Å²) in [6.45, 7) is 0. The van der Waals surface area contributed by atoms with E-state index in [-0.39, 0.29) is 6.07 Å². The molecule has 2 aromatic carbocycles. The third kappa shape index (κ3) is 2.91. The van der Waals surface area contributed by atoms with Crippen molar-refractivity contribution in [1.82, 2.24) is 0 Å². The lowest BCUT2D eigenvalue weighted by Crippen LogP contribution is -2.12. The lowest BCUT2D eigenvalue weighted by molar-refractivity contribution is -0.137. The molecular weight excluding hydrogens is 298 g/mol. The molecule has 21 heavy (non-hydrogen) atoms. The van der Waals surface area contributed by atoms with Crippen LogP contribution in [0.1, 0.15) is 21.5 Å². The van der Waals surface area contributed by atoms with Gasteiger partial charge in [0.05, 0.1) is 16.7 Å². The van der Waals surface area contributed by atoms with Crippen LogP contribution in [0, 0.1) is 17.5 Å². The van der Waals surface area contributed by atoms with Gasteiger partial charge in [-0.05, 0) is 30.3 Å². The fraction of sp³-hybridized carbons (Fsp3) is 0.0714. The SMILES string of the molecule is O=C(c1cc(C(F)(F)F)ccc1F)c1c(F)cccc1F. The molecule has 0 aromatic heterocycles. The molecule has 0 aliphatic heterocycles. The predicted molar refractivity (Wildman–Crippen MR) is 61.2 cm³/mol. The van der Waals surface area contributed by atoms with E-state index in [1.807, 2.05) is 0 Å². The van der Waals surface area contributed by atoms with E-state index in [9.17, 15) is 31.1 Å². The standard InChI is InChI=1S/C14H6F6O/c15-9-5-4-7(14(18,19)20)6-8(9)13(21)12-10(16)2-1-3-11(12)17/h1-6H. The zero-order chi connectivity index (χ0) is 15.8. The summed E-state index contributed by atoms with van der Waals surface area (Å²) in [5.74, 6) is -5.35. The Morgan fingerprint density at radius 3 is 1.95 bits per heavy atom. The highest BCUT2D eigenvalue weighted by atomic mass is 19.4. The Labute approximate surface area is 114 Å². The lowest BCUT2D eigenvalue weighted by atomic mass is 9.99. The smallest absolute Gasteiger partial charge is 0.288 e. The van der Waals surface area contributed by atoms with Crippen LogP contribution in [0.5, 0.6) is 0 Å². The average Bonchev–Trinajstić information content (AvgIpc) is 2.37. The minimum atomic E-state index is -4.81. The molecule has 0 unspecified atom stereocenters. The van der Waals surface area contributed by atoms with Gasteiger partial charge in [0.25, 0.3) is 0 Å². The van der Waals surface area contributed by atoms with Gasteiger partial charge < -0.3 is 0 Å². The van der Waals surface area contributed by atoms with Crippen molar-refractivity contribution in [3.05, 3.63) is 70.5 Å². The second-order valence-corrected chi connectivity index (χ2v) is 4.12. The van der Waals surface area contributed by atoms with Gasteiger partial charge in [-0.25, -0.2) is 13.2 Å². The Kier molecular flexibility index (Phi) is 3.76. The first-order valence-corrected chi connectivity index (χ1v) is 5.57. The summed E-state index contributed by atoms with van der Waals surface area (Å²) in [6, 6.07) is 3.57. The van der Waals surface area contributed by atoms with Crippen molar-refractivity contribution in [3.63, 3.8) is 0 Å². The summed E-state index contributed by atoms with van der Waals surface area (Å²) in [5.41, 5.74) is -3.44. The second kappa shape index (κ2) is 5.23. The third-order valence-electron chi connectivity index (χ3n) is 2.73. The van der Waals surface area contributed by atoms with Gasteiger partial charge in [-0.15, -0.1) is 0 Å². The molecule has 0 amide bonds. The van der Waals surface area contributed by atoms with Crippen molar-refractivity contribution >= 4 is 5.78 Å². The Hall–Kier alpha value is -2.31. The van der Waals surface area contributed by atoms with Gasteiger partial charge in [0, 0.05) is 0 Å². The van der Waals surface area contributed by atoms with Crippen molar-refractivity contribution in [3.8, 4) is 0 Å². The van der Waals surface area contributed by atoms with Crippen LogP contribution in [-0.4, -0.2) is 5.78 Å². The van der Waals surface area contributed by atoms with Crippen LogP contribution in [0.15, 0.2) is 36.4 Å². The molecule has 0 aliphatic carbocycles. The topological polar surface area (TPSA) is 17.1 Å². The van der Waals surface area contributed by atoms with Crippen LogP contribution >= 0.6 is 0 Å². The Bertz CT molecular complexity index is 685. The van der Waals surface area contributed by atoms with Crippen LogP contribution < -0.4 is 0 Å². The molecule has 2 aromatic rings. The van der Waals surface area contributed by atoms with Gasteiger partial charge in [0.1, 0.15) is 17.5 Å². The Morgan fingerprint density at radius 2 is 1.43 bits per heavy atom. The van der Waals surface area contributed by atoms with Crippen molar-refractivity contribution in [2.24, 2.45) is 0 Å². The molecule has 0 fully saturated rings. The molecule has 0 heterocycles. The van der Waals surface area contributed by atoms with Gasteiger partial charge in [-0.1, -0.05) is 6.07 Å². The molecule has 0 N–H and O–H groups in total. The molecular formula is C14H6F6O. The van der Waals surface area contributed by atoms with Gasteiger partial charge in [-0.3, -0.25) is 4.79 Å². The first kappa shape index (κ1) is 15.1. The van der Waals surface area contributed by atoms with E-state index in [4.69, 9.17) is 0 Å². The van der Waals surface area contributed by atoms with Crippen LogP contribution in [0.2, 0.25) is 0 Å². The van der Waals surface area contributed by atoms with E-state index in [0.29, 0.717) is 12.1 Å². The predicted octanol–water partition coefficient (Wildman–Crippen LogP) is 4.35. The van der Waals surface area contributed by atoms with E-state index in [1.54, 1.807) is 0 Å². The van der Waals surface area contributed by atoms with E-state index in [1.165, 1.54) is 0 Å².